The molecule has 0 aromatic heterocycles. The minimum absolute atomic E-state index is 0.102. The zero-order chi connectivity index (χ0) is 9.10. The van der Waals surface area contributed by atoms with Crippen LogP contribution in [0.1, 0.15) is 38.5 Å². The highest BCUT2D eigenvalue weighted by Crippen LogP contribution is 2.20. The average molecular weight is 181 g/mol. The van der Waals surface area contributed by atoms with Crippen LogP contribution in [0.3, 0.4) is 0 Å². The van der Waals surface area contributed by atoms with Crippen LogP contribution in [0, 0.1) is 0 Å². The first-order chi connectivity index (χ1) is 6.36. The topological polar surface area (TPSA) is 32.3 Å². The van der Waals surface area contributed by atoms with Gasteiger partial charge in [0.25, 0.3) is 0 Å². The first-order valence-electron chi connectivity index (χ1n) is 5.45. The highest BCUT2D eigenvalue weighted by molar-refractivity contribution is 4.99. The number of rotatable bonds is 2. The molecule has 0 aliphatic heterocycles. The van der Waals surface area contributed by atoms with Crippen molar-refractivity contribution in [3.05, 3.63) is 12.2 Å². The monoisotopic (exact) mass is 181 g/mol. The molecule has 2 atom stereocenters. The van der Waals surface area contributed by atoms with Crippen LogP contribution in [0.2, 0.25) is 0 Å². The average Bonchev–Trinajstić information content (AvgIpc) is 2.61. The van der Waals surface area contributed by atoms with Gasteiger partial charge in [0.05, 0.1) is 6.10 Å². The van der Waals surface area contributed by atoms with Crippen LogP contribution in [0.25, 0.3) is 0 Å². The van der Waals surface area contributed by atoms with Crippen molar-refractivity contribution < 1.29 is 5.11 Å². The maximum absolute atomic E-state index is 9.75. The van der Waals surface area contributed by atoms with Crippen molar-refractivity contribution >= 4 is 0 Å². The van der Waals surface area contributed by atoms with Crippen molar-refractivity contribution in [1.29, 1.82) is 0 Å². The molecule has 2 aliphatic rings. The smallest absolute Gasteiger partial charge is 0.0693 e. The molecule has 1 saturated carbocycles. The fraction of sp³-hybridized carbons (Fsp3) is 0.818. The largest absolute Gasteiger partial charge is 0.392 e. The first kappa shape index (κ1) is 9.22. The molecule has 13 heavy (non-hydrogen) atoms. The van der Waals surface area contributed by atoms with Crippen LogP contribution >= 0.6 is 0 Å². The Morgan fingerprint density at radius 1 is 1.08 bits per heavy atom. The van der Waals surface area contributed by atoms with Gasteiger partial charge in [0.1, 0.15) is 0 Å². The molecule has 0 radical (unpaired) electrons. The van der Waals surface area contributed by atoms with E-state index in [1.54, 1.807) is 0 Å². The highest BCUT2D eigenvalue weighted by Gasteiger charge is 2.25. The first-order valence-corrected chi connectivity index (χ1v) is 5.45. The van der Waals surface area contributed by atoms with Crippen LogP contribution in [0.5, 0.6) is 0 Å². The minimum atomic E-state index is -0.102. The maximum atomic E-state index is 9.75. The third-order valence-corrected chi connectivity index (χ3v) is 3.19. The van der Waals surface area contributed by atoms with Gasteiger partial charge in [-0.25, -0.2) is 0 Å². The number of nitrogens with one attached hydrogen (secondary N) is 1. The van der Waals surface area contributed by atoms with E-state index in [2.05, 4.69) is 17.5 Å². The van der Waals surface area contributed by atoms with Gasteiger partial charge in [-0.2, -0.15) is 0 Å². The summed E-state index contributed by atoms with van der Waals surface area (Å²) in [5.74, 6) is 0. The van der Waals surface area contributed by atoms with Gasteiger partial charge < -0.3 is 10.4 Å². The van der Waals surface area contributed by atoms with Gasteiger partial charge in [0.2, 0.25) is 0 Å². The third kappa shape index (κ3) is 2.32. The van der Waals surface area contributed by atoms with E-state index in [4.69, 9.17) is 0 Å². The zero-order valence-electron chi connectivity index (χ0n) is 8.08. The van der Waals surface area contributed by atoms with E-state index in [0.29, 0.717) is 12.1 Å². The van der Waals surface area contributed by atoms with E-state index >= 15 is 0 Å². The molecule has 0 heterocycles. The predicted octanol–water partition coefficient (Wildman–Crippen LogP) is 1.60. The van der Waals surface area contributed by atoms with Gasteiger partial charge in [-0.3, -0.25) is 0 Å². The van der Waals surface area contributed by atoms with Gasteiger partial charge >= 0.3 is 0 Å². The van der Waals surface area contributed by atoms with E-state index in [1.807, 2.05) is 0 Å². The Morgan fingerprint density at radius 3 is 2.46 bits per heavy atom. The van der Waals surface area contributed by atoms with E-state index in [9.17, 15) is 5.11 Å². The molecule has 0 saturated heterocycles. The van der Waals surface area contributed by atoms with Crippen molar-refractivity contribution in [2.24, 2.45) is 0 Å². The highest BCUT2D eigenvalue weighted by atomic mass is 16.3. The Balaban J connectivity index is 1.78. The summed E-state index contributed by atoms with van der Waals surface area (Å²) in [6.45, 7) is 0. The van der Waals surface area contributed by atoms with Crippen LogP contribution in [-0.2, 0) is 0 Å². The van der Waals surface area contributed by atoms with E-state index in [-0.39, 0.29) is 6.10 Å². The molecule has 0 bridgehead atoms. The van der Waals surface area contributed by atoms with Gasteiger partial charge in [0.15, 0.2) is 0 Å². The molecule has 2 aliphatic carbocycles. The molecule has 0 aromatic carbocycles. The minimum Gasteiger partial charge on any atom is -0.392 e. The standard InChI is InChI=1S/C11H19NO/c13-11-8-4-3-7-10(11)12-9-5-1-2-6-9/h1-2,9-13H,3-8H2. The molecule has 2 nitrogen and oxygen atoms in total. The van der Waals surface area contributed by atoms with E-state index in [0.717, 1.165) is 25.7 Å². The van der Waals surface area contributed by atoms with Gasteiger partial charge in [-0.1, -0.05) is 25.0 Å². The SMILES string of the molecule is OC1CCCCC1NC1CC=CC1. The van der Waals surface area contributed by atoms with Crippen molar-refractivity contribution in [3.8, 4) is 0 Å². The molecule has 0 amide bonds. The molecule has 74 valence electrons. The normalized spacial score (nSPS) is 35.5. The molecule has 2 N–H and O–H groups in total. The molecule has 0 spiro atoms. The second-order valence-corrected chi connectivity index (χ2v) is 4.26. The van der Waals surface area contributed by atoms with Gasteiger partial charge in [0, 0.05) is 12.1 Å². The predicted molar refractivity (Wildman–Crippen MR) is 53.6 cm³/mol. The zero-order valence-corrected chi connectivity index (χ0v) is 8.08. The fourth-order valence-corrected chi connectivity index (χ4v) is 2.36. The summed E-state index contributed by atoms with van der Waals surface area (Å²) in [7, 11) is 0. The number of hydrogen-bond acceptors (Lipinski definition) is 2. The lowest BCUT2D eigenvalue weighted by molar-refractivity contribution is 0.0856. The Bertz CT molecular complexity index is 183. The summed E-state index contributed by atoms with van der Waals surface area (Å²) >= 11 is 0. The van der Waals surface area contributed by atoms with Crippen molar-refractivity contribution in [1.82, 2.24) is 5.32 Å². The molecule has 2 heteroatoms. The molecule has 2 rings (SSSR count). The molecule has 1 fully saturated rings. The van der Waals surface area contributed by atoms with Crippen molar-refractivity contribution in [2.45, 2.75) is 56.7 Å². The molecular formula is C11H19NO. The summed E-state index contributed by atoms with van der Waals surface area (Å²) in [6.07, 6.45) is 11.2. The van der Waals surface area contributed by atoms with Crippen LogP contribution in [-0.4, -0.2) is 23.3 Å². The lowest BCUT2D eigenvalue weighted by atomic mass is 9.92. The summed E-state index contributed by atoms with van der Waals surface area (Å²) in [5.41, 5.74) is 0. The van der Waals surface area contributed by atoms with Crippen molar-refractivity contribution in [2.75, 3.05) is 0 Å². The summed E-state index contributed by atoms with van der Waals surface area (Å²) in [4.78, 5) is 0. The quantitative estimate of drug-likeness (QED) is 0.634. The molecular weight excluding hydrogens is 162 g/mol. The summed E-state index contributed by atoms with van der Waals surface area (Å²) in [6, 6.07) is 0.955. The molecule has 0 aromatic rings. The van der Waals surface area contributed by atoms with Crippen LogP contribution in [0.4, 0.5) is 0 Å². The Hall–Kier alpha value is -0.340. The lowest BCUT2D eigenvalue weighted by Crippen LogP contribution is -2.46. The number of aliphatic hydroxyl groups is 1. The Labute approximate surface area is 80.0 Å². The van der Waals surface area contributed by atoms with Gasteiger partial charge in [-0.05, 0) is 25.7 Å². The van der Waals surface area contributed by atoms with E-state index < -0.39 is 0 Å². The number of hydrogen-bond donors (Lipinski definition) is 2. The maximum Gasteiger partial charge on any atom is 0.0693 e. The second-order valence-electron chi connectivity index (χ2n) is 4.26. The summed E-state index contributed by atoms with van der Waals surface area (Å²) in [5, 5.41) is 13.3. The number of aliphatic hydroxyl groups excluding tert-OH is 1. The Morgan fingerprint density at radius 2 is 1.77 bits per heavy atom. The molecule has 2 unspecified atom stereocenters. The lowest BCUT2D eigenvalue weighted by Gasteiger charge is -2.31. The third-order valence-electron chi connectivity index (χ3n) is 3.19. The van der Waals surface area contributed by atoms with Crippen molar-refractivity contribution in [3.63, 3.8) is 0 Å². The second kappa shape index (κ2) is 4.25. The van der Waals surface area contributed by atoms with Gasteiger partial charge in [-0.15, -0.1) is 0 Å². The Kier molecular flexibility index (Phi) is 3.01. The fourth-order valence-electron chi connectivity index (χ4n) is 2.36. The van der Waals surface area contributed by atoms with Crippen LogP contribution < -0.4 is 5.32 Å². The van der Waals surface area contributed by atoms with Crippen LogP contribution in [0.15, 0.2) is 12.2 Å². The van der Waals surface area contributed by atoms with E-state index in [1.165, 1.54) is 12.8 Å². The summed E-state index contributed by atoms with van der Waals surface area (Å²) < 4.78 is 0.